The van der Waals surface area contributed by atoms with Crippen LogP contribution < -0.4 is 0 Å². The maximum Gasteiger partial charge on any atom is 0.0885 e. The smallest absolute Gasteiger partial charge is 0.0885 e. The second-order valence-corrected chi connectivity index (χ2v) is 6.43. The highest BCUT2D eigenvalue weighted by molar-refractivity contribution is 5.55. The van der Waals surface area contributed by atoms with Gasteiger partial charge in [0.15, 0.2) is 0 Å². The van der Waals surface area contributed by atoms with E-state index in [0.717, 1.165) is 23.7 Å². The molecule has 1 aliphatic rings. The summed E-state index contributed by atoms with van der Waals surface area (Å²) < 4.78 is 2.04. The Morgan fingerprint density at radius 3 is 2.86 bits per heavy atom. The van der Waals surface area contributed by atoms with Gasteiger partial charge in [-0.1, -0.05) is 0 Å². The average molecular weight is 284 g/mol. The Morgan fingerprint density at radius 1 is 1.29 bits per heavy atom. The van der Waals surface area contributed by atoms with Crippen molar-refractivity contribution in [3.8, 4) is 11.4 Å². The summed E-state index contributed by atoms with van der Waals surface area (Å²) in [7, 11) is 2.21. The number of nitrogens with zero attached hydrogens (tertiary/aromatic N) is 4. The molecule has 0 bridgehead atoms. The lowest BCUT2D eigenvalue weighted by Crippen LogP contribution is -2.15. The second-order valence-electron chi connectivity index (χ2n) is 6.43. The van der Waals surface area contributed by atoms with Crippen LogP contribution in [0.5, 0.6) is 0 Å². The second kappa shape index (κ2) is 5.98. The zero-order chi connectivity index (χ0) is 14.8. The van der Waals surface area contributed by atoms with Crippen molar-refractivity contribution in [2.45, 2.75) is 32.7 Å². The predicted octanol–water partition coefficient (Wildman–Crippen LogP) is 3.02. The molecule has 0 aromatic carbocycles. The van der Waals surface area contributed by atoms with Crippen molar-refractivity contribution < 1.29 is 0 Å². The lowest BCUT2D eigenvalue weighted by atomic mass is 9.98. The number of likely N-dealkylation sites (tertiary alicyclic amines) is 1. The zero-order valence-electron chi connectivity index (χ0n) is 13.2. The van der Waals surface area contributed by atoms with Crippen molar-refractivity contribution in [2.24, 2.45) is 5.92 Å². The van der Waals surface area contributed by atoms with E-state index >= 15 is 0 Å². The van der Waals surface area contributed by atoms with Crippen LogP contribution in [0.3, 0.4) is 0 Å². The quantitative estimate of drug-likeness (QED) is 0.865. The molecule has 112 valence electrons. The van der Waals surface area contributed by atoms with Crippen LogP contribution in [-0.4, -0.2) is 39.8 Å². The van der Waals surface area contributed by atoms with Crippen LogP contribution in [-0.2, 0) is 6.42 Å². The van der Waals surface area contributed by atoms with Gasteiger partial charge in [0.1, 0.15) is 0 Å². The first-order chi connectivity index (χ1) is 10.1. The molecule has 1 atom stereocenters. The summed E-state index contributed by atoms with van der Waals surface area (Å²) >= 11 is 0. The Balaban J connectivity index is 1.81. The van der Waals surface area contributed by atoms with Crippen molar-refractivity contribution in [3.63, 3.8) is 0 Å². The van der Waals surface area contributed by atoms with E-state index in [1.165, 1.54) is 25.1 Å². The highest BCUT2D eigenvalue weighted by Gasteiger charge is 2.20. The van der Waals surface area contributed by atoms with Gasteiger partial charge in [-0.15, -0.1) is 0 Å². The van der Waals surface area contributed by atoms with Gasteiger partial charge in [-0.2, -0.15) is 5.10 Å². The largest absolute Gasteiger partial charge is 0.306 e. The van der Waals surface area contributed by atoms with Gasteiger partial charge in [0.05, 0.1) is 11.4 Å². The van der Waals surface area contributed by atoms with Crippen LogP contribution in [0.4, 0.5) is 0 Å². The summed E-state index contributed by atoms with van der Waals surface area (Å²) in [6.45, 7) is 6.73. The van der Waals surface area contributed by atoms with E-state index in [-0.39, 0.29) is 0 Å². The molecule has 0 N–H and O–H groups in total. The molecule has 21 heavy (non-hydrogen) atoms. The molecule has 0 aliphatic carbocycles. The number of pyridine rings is 1. The summed E-state index contributed by atoms with van der Waals surface area (Å²) in [4.78, 5) is 6.96. The number of hydrogen-bond donors (Lipinski definition) is 0. The van der Waals surface area contributed by atoms with Crippen LogP contribution in [0, 0.1) is 5.92 Å². The predicted molar refractivity (Wildman–Crippen MR) is 85.2 cm³/mol. The zero-order valence-corrected chi connectivity index (χ0v) is 13.2. The van der Waals surface area contributed by atoms with E-state index in [4.69, 9.17) is 0 Å². The fourth-order valence-corrected chi connectivity index (χ4v) is 3.20. The van der Waals surface area contributed by atoms with Crippen LogP contribution in [0.25, 0.3) is 11.4 Å². The van der Waals surface area contributed by atoms with Crippen molar-refractivity contribution in [1.29, 1.82) is 0 Å². The summed E-state index contributed by atoms with van der Waals surface area (Å²) in [5.41, 5.74) is 3.53. The number of rotatable bonds is 4. The van der Waals surface area contributed by atoms with E-state index in [1.807, 2.05) is 17.1 Å². The molecular formula is C17H24N4. The van der Waals surface area contributed by atoms with Gasteiger partial charge >= 0.3 is 0 Å². The van der Waals surface area contributed by atoms with Crippen molar-refractivity contribution in [1.82, 2.24) is 19.7 Å². The van der Waals surface area contributed by atoms with Crippen LogP contribution in [0.15, 0.2) is 30.6 Å². The van der Waals surface area contributed by atoms with Gasteiger partial charge in [-0.25, -0.2) is 0 Å². The van der Waals surface area contributed by atoms with Crippen LogP contribution in [0.2, 0.25) is 0 Å². The standard InChI is InChI=1S/C17H24N4/c1-13(2)21-17(5-8-19-21)16-11-14(4-7-18-16)10-15-6-9-20(3)12-15/h4-5,7-8,11,13,15H,6,9-10,12H2,1-3H3/t15-/m0/s1. The molecule has 0 amide bonds. The first kappa shape index (κ1) is 14.3. The summed E-state index contributed by atoms with van der Waals surface area (Å²) in [6, 6.07) is 6.78. The summed E-state index contributed by atoms with van der Waals surface area (Å²) in [5, 5.41) is 4.40. The molecule has 4 nitrogen and oxygen atoms in total. The summed E-state index contributed by atoms with van der Waals surface area (Å²) in [6.07, 6.45) is 6.24. The fourth-order valence-electron chi connectivity index (χ4n) is 3.20. The van der Waals surface area contributed by atoms with E-state index < -0.39 is 0 Å². The molecule has 3 rings (SSSR count). The van der Waals surface area contributed by atoms with E-state index in [9.17, 15) is 0 Å². The Hall–Kier alpha value is -1.68. The number of hydrogen-bond acceptors (Lipinski definition) is 3. The minimum Gasteiger partial charge on any atom is -0.306 e. The van der Waals surface area contributed by atoms with Crippen molar-refractivity contribution >= 4 is 0 Å². The van der Waals surface area contributed by atoms with Crippen LogP contribution >= 0.6 is 0 Å². The molecule has 3 heterocycles. The Labute approximate surface area is 126 Å². The molecule has 2 aromatic rings. The molecule has 2 aromatic heterocycles. The first-order valence-corrected chi connectivity index (χ1v) is 7.81. The average Bonchev–Trinajstić information content (AvgIpc) is 3.08. The molecule has 0 unspecified atom stereocenters. The normalized spacial score (nSPS) is 19.5. The minimum atomic E-state index is 0.351. The topological polar surface area (TPSA) is 34.0 Å². The van der Waals surface area contributed by atoms with Gasteiger partial charge in [0.2, 0.25) is 0 Å². The Bertz CT molecular complexity index is 602. The lowest BCUT2D eigenvalue weighted by Gasteiger charge is -2.13. The van der Waals surface area contributed by atoms with Gasteiger partial charge in [0.25, 0.3) is 0 Å². The molecule has 1 fully saturated rings. The summed E-state index contributed by atoms with van der Waals surface area (Å²) in [5.74, 6) is 0.778. The van der Waals surface area contributed by atoms with Crippen molar-refractivity contribution in [2.75, 3.05) is 20.1 Å². The van der Waals surface area contributed by atoms with E-state index in [1.54, 1.807) is 0 Å². The van der Waals surface area contributed by atoms with E-state index in [0.29, 0.717) is 6.04 Å². The van der Waals surface area contributed by atoms with Gasteiger partial charge in [0, 0.05) is 25.0 Å². The number of aromatic nitrogens is 3. The molecule has 0 radical (unpaired) electrons. The highest BCUT2D eigenvalue weighted by Crippen LogP contribution is 2.24. The van der Waals surface area contributed by atoms with Gasteiger partial charge in [-0.3, -0.25) is 9.67 Å². The Kier molecular flexibility index (Phi) is 4.06. The van der Waals surface area contributed by atoms with Gasteiger partial charge < -0.3 is 4.90 Å². The maximum atomic E-state index is 4.54. The molecule has 1 aliphatic heterocycles. The first-order valence-electron chi connectivity index (χ1n) is 7.81. The van der Waals surface area contributed by atoms with Crippen LogP contribution in [0.1, 0.15) is 31.9 Å². The molecule has 1 saturated heterocycles. The Morgan fingerprint density at radius 2 is 2.14 bits per heavy atom. The minimum absolute atomic E-state index is 0.351. The van der Waals surface area contributed by atoms with Crippen molar-refractivity contribution in [3.05, 3.63) is 36.2 Å². The van der Waals surface area contributed by atoms with Gasteiger partial charge in [-0.05, 0) is 70.0 Å². The lowest BCUT2D eigenvalue weighted by molar-refractivity contribution is 0.394. The molecule has 0 saturated carbocycles. The third kappa shape index (κ3) is 3.16. The molecule has 0 spiro atoms. The van der Waals surface area contributed by atoms with E-state index in [2.05, 4.69) is 54.1 Å². The SMILES string of the molecule is CC(C)n1nccc1-c1cc(C[C@@H]2CCN(C)C2)ccn1. The maximum absolute atomic E-state index is 4.54. The molecular weight excluding hydrogens is 260 g/mol. The third-order valence-electron chi connectivity index (χ3n) is 4.26. The monoisotopic (exact) mass is 284 g/mol. The highest BCUT2D eigenvalue weighted by atomic mass is 15.3. The third-order valence-corrected chi connectivity index (χ3v) is 4.26. The fraction of sp³-hybridized carbons (Fsp3) is 0.529. The molecule has 4 heteroatoms.